The number of nitrogens with one attached hydrogen (secondary N) is 1. The topological polar surface area (TPSA) is 53.8 Å². The van der Waals surface area contributed by atoms with E-state index in [0.717, 1.165) is 6.26 Å². The van der Waals surface area contributed by atoms with Crippen molar-refractivity contribution in [2.45, 2.75) is 24.0 Å². The molecule has 0 aliphatic rings. The fourth-order valence-corrected chi connectivity index (χ4v) is 3.71. The minimum absolute atomic E-state index is 0.0528. The van der Waals surface area contributed by atoms with Crippen LogP contribution < -0.4 is 4.57 Å². The summed E-state index contributed by atoms with van der Waals surface area (Å²) >= 11 is 12.0. The summed E-state index contributed by atoms with van der Waals surface area (Å²) in [6.07, 6.45) is -4.47. The van der Waals surface area contributed by atoms with Crippen LogP contribution in [0.3, 0.4) is 0 Å². The maximum Gasteiger partial charge on any atom is 0.400 e. The molecule has 1 N–H and O–H groups in total. The highest BCUT2D eigenvalue weighted by Gasteiger charge is 2.35. The Bertz CT molecular complexity index is 1110. The highest BCUT2D eigenvalue weighted by molar-refractivity contribution is 7.90. The van der Waals surface area contributed by atoms with Gasteiger partial charge in [0.25, 0.3) is 5.82 Å². The van der Waals surface area contributed by atoms with Gasteiger partial charge >= 0.3 is 6.18 Å². The summed E-state index contributed by atoms with van der Waals surface area (Å²) in [6, 6.07) is 8.96. The van der Waals surface area contributed by atoms with E-state index >= 15 is 0 Å². The second-order valence-electron chi connectivity index (χ2n) is 6.15. The van der Waals surface area contributed by atoms with Gasteiger partial charge in [0.2, 0.25) is 0 Å². The number of halogens is 5. The van der Waals surface area contributed by atoms with E-state index in [-0.39, 0.29) is 27.3 Å². The van der Waals surface area contributed by atoms with Crippen LogP contribution in [0.4, 0.5) is 13.2 Å². The number of hydrogen-bond donors (Lipinski definition) is 1. The maximum atomic E-state index is 13.0. The number of imidazole rings is 1. The normalized spacial score (nSPS) is 12.7. The molecule has 1 aromatic heterocycles. The largest absolute Gasteiger partial charge is 0.400 e. The molecule has 27 heavy (non-hydrogen) atoms. The zero-order valence-corrected chi connectivity index (χ0v) is 16.3. The molecule has 0 amide bonds. The van der Waals surface area contributed by atoms with Crippen LogP contribution in [0.5, 0.6) is 0 Å². The van der Waals surface area contributed by atoms with Gasteiger partial charge in [-0.1, -0.05) is 35.3 Å². The van der Waals surface area contributed by atoms with Crippen molar-refractivity contribution in [1.82, 2.24) is 4.98 Å². The quantitative estimate of drug-likeness (QED) is 0.617. The molecule has 0 fully saturated rings. The van der Waals surface area contributed by atoms with Gasteiger partial charge in [-0.05, 0) is 17.7 Å². The number of aromatic amines is 1. The molecule has 3 aromatic rings. The average molecular weight is 438 g/mol. The number of aromatic nitrogens is 2. The fourth-order valence-electron chi connectivity index (χ4n) is 2.76. The van der Waals surface area contributed by atoms with Crippen molar-refractivity contribution in [2.24, 2.45) is 0 Å². The first-order valence-corrected chi connectivity index (χ1v) is 10.3. The summed E-state index contributed by atoms with van der Waals surface area (Å²) in [5.74, 6) is -0.0528. The van der Waals surface area contributed by atoms with Crippen LogP contribution in [0.1, 0.15) is 11.4 Å². The first-order chi connectivity index (χ1) is 12.4. The molecule has 0 saturated carbocycles. The molecule has 0 unspecified atom stereocenters. The number of rotatable bonds is 4. The van der Waals surface area contributed by atoms with Gasteiger partial charge < -0.3 is 0 Å². The van der Waals surface area contributed by atoms with Gasteiger partial charge in [0, 0.05) is 18.4 Å². The first kappa shape index (κ1) is 20.0. The fraction of sp³-hybridized carbons (Fsp3) is 0.235. The highest BCUT2D eigenvalue weighted by Crippen LogP contribution is 2.28. The van der Waals surface area contributed by atoms with Crippen molar-refractivity contribution >= 4 is 44.1 Å². The van der Waals surface area contributed by atoms with E-state index < -0.39 is 22.4 Å². The van der Waals surface area contributed by atoms with Crippen molar-refractivity contribution in [3.8, 4) is 0 Å². The van der Waals surface area contributed by atoms with E-state index in [0.29, 0.717) is 16.6 Å². The lowest BCUT2D eigenvalue weighted by atomic mass is 10.2. The van der Waals surface area contributed by atoms with E-state index in [1.165, 1.54) is 28.8 Å². The van der Waals surface area contributed by atoms with Crippen LogP contribution >= 0.6 is 23.2 Å². The Labute approximate surface area is 163 Å². The number of H-pyrrole nitrogens is 1. The smallest absolute Gasteiger partial charge is 0.240 e. The Morgan fingerprint density at radius 3 is 2.22 bits per heavy atom. The van der Waals surface area contributed by atoms with Crippen molar-refractivity contribution in [3.05, 3.63) is 57.8 Å². The van der Waals surface area contributed by atoms with Crippen molar-refractivity contribution in [1.29, 1.82) is 0 Å². The van der Waals surface area contributed by atoms with E-state index in [9.17, 15) is 21.6 Å². The summed E-state index contributed by atoms with van der Waals surface area (Å²) < 4.78 is 63.5. The third kappa shape index (κ3) is 4.56. The predicted octanol–water partition coefficient (Wildman–Crippen LogP) is 4.32. The van der Waals surface area contributed by atoms with Crippen LogP contribution in [-0.4, -0.2) is 25.8 Å². The van der Waals surface area contributed by atoms with Crippen LogP contribution in [0.25, 0.3) is 11.0 Å². The van der Waals surface area contributed by atoms with E-state index in [4.69, 9.17) is 23.2 Å². The zero-order valence-electron chi connectivity index (χ0n) is 13.9. The van der Waals surface area contributed by atoms with Gasteiger partial charge in [-0.2, -0.15) is 13.2 Å². The number of alkyl halides is 3. The van der Waals surface area contributed by atoms with Gasteiger partial charge in [0.1, 0.15) is 13.0 Å². The Morgan fingerprint density at radius 1 is 1.07 bits per heavy atom. The minimum Gasteiger partial charge on any atom is -0.240 e. The molecule has 0 bridgehead atoms. The lowest BCUT2D eigenvalue weighted by Crippen LogP contribution is -2.39. The predicted molar refractivity (Wildman–Crippen MR) is 96.9 cm³/mol. The number of sulfone groups is 1. The molecule has 0 aliphatic carbocycles. The third-order valence-corrected chi connectivity index (χ3v) is 5.84. The average Bonchev–Trinajstić information content (AvgIpc) is 2.82. The summed E-state index contributed by atoms with van der Waals surface area (Å²) in [6.45, 7) is 0.105. The molecule has 0 spiro atoms. The lowest BCUT2D eigenvalue weighted by Gasteiger charge is -2.06. The molecule has 10 heteroatoms. The standard InChI is InChI=1S/C17H13Cl2F3N2O2S/c1-27(25,26)11-4-2-10(3-5-11)9-24-15-7-13(19)12(18)6-14(15)23-16(24)8-17(20,21)22/h2-7H,8-9H2,1H3/p+1. The Morgan fingerprint density at radius 2 is 1.67 bits per heavy atom. The van der Waals surface area contributed by atoms with Gasteiger partial charge in [0.05, 0.1) is 14.9 Å². The van der Waals surface area contributed by atoms with Crippen LogP contribution in [0.15, 0.2) is 41.3 Å². The molecule has 3 rings (SSSR count). The minimum atomic E-state index is -4.41. The molecular weight excluding hydrogens is 424 g/mol. The maximum absolute atomic E-state index is 13.0. The number of fused-ring (bicyclic) bond motifs is 1. The Hall–Kier alpha value is -1.77. The van der Waals surface area contributed by atoms with Crippen molar-refractivity contribution in [3.63, 3.8) is 0 Å². The first-order valence-electron chi connectivity index (χ1n) is 7.69. The monoisotopic (exact) mass is 437 g/mol. The SMILES string of the molecule is CS(=O)(=O)c1ccc(C[n+]2c(CC(F)(F)F)[nH]c3cc(Cl)c(Cl)cc32)cc1. The molecule has 0 saturated heterocycles. The second kappa shape index (κ2) is 7.00. The molecule has 2 aromatic carbocycles. The Balaban J connectivity index is 2.08. The third-order valence-electron chi connectivity index (χ3n) is 3.99. The molecule has 1 heterocycles. The summed E-state index contributed by atoms with van der Waals surface area (Å²) in [4.78, 5) is 2.89. The van der Waals surface area contributed by atoms with E-state index in [2.05, 4.69) is 4.98 Å². The van der Waals surface area contributed by atoms with Crippen LogP contribution in [0.2, 0.25) is 10.0 Å². The second-order valence-corrected chi connectivity index (χ2v) is 8.98. The molecule has 0 radical (unpaired) electrons. The zero-order chi connectivity index (χ0) is 20.0. The molecular formula is C17H14Cl2F3N2O2S+. The van der Waals surface area contributed by atoms with Crippen molar-refractivity contribution < 1.29 is 26.2 Å². The lowest BCUT2D eigenvalue weighted by molar-refractivity contribution is -0.671. The van der Waals surface area contributed by atoms with E-state index in [1.807, 2.05) is 0 Å². The van der Waals surface area contributed by atoms with Gasteiger partial charge in [-0.15, -0.1) is 0 Å². The number of nitrogens with zero attached hydrogens (tertiary/aromatic N) is 1. The highest BCUT2D eigenvalue weighted by atomic mass is 35.5. The van der Waals surface area contributed by atoms with Gasteiger partial charge in [0.15, 0.2) is 20.9 Å². The van der Waals surface area contributed by atoms with Gasteiger partial charge in [-0.25, -0.2) is 18.0 Å². The molecule has 0 atom stereocenters. The summed E-state index contributed by atoms with van der Waals surface area (Å²) in [7, 11) is -3.35. The Kier molecular flexibility index (Phi) is 5.18. The number of hydrogen-bond acceptors (Lipinski definition) is 2. The molecule has 4 nitrogen and oxygen atoms in total. The number of benzene rings is 2. The summed E-state index contributed by atoms with van der Waals surface area (Å²) in [5.41, 5.74) is 1.54. The van der Waals surface area contributed by atoms with Crippen LogP contribution in [-0.2, 0) is 22.8 Å². The van der Waals surface area contributed by atoms with Crippen molar-refractivity contribution in [2.75, 3.05) is 6.26 Å². The summed E-state index contributed by atoms with van der Waals surface area (Å²) in [5, 5.41) is 0.455. The van der Waals surface area contributed by atoms with Crippen LogP contribution in [0, 0.1) is 0 Å². The van der Waals surface area contributed by atoms with Gasteiger partial charge in [-0.3, -0.25) is 0 Å². The molecule has 0 aliphatic heterocycles. The van der Waals surface area contributed by atoms with E-state index in [1.54, 1.807) is 12.1 Å². The molecule has 144 valence electrons.